The summed E-state index contributed by atoms with van der Waals surface area (Å²) >= 11 is 5.85. The van der Waals surface area contributed by atoms with Crippen LogP contribution in [0.2, 0.25) is 5.02 Å². The smallest absolute Gasteiger partial charge is 0.318 e. The molecular weight excluding hydrogens is 421 g/mol. The second-order valence-corrected chi connectivity index (χ2v) is 7.02. The molecule has 0 saturated heterocycles. The molecule has 3 heterocycles. The third kappa shape index (κ3) is 3.73. The Bertz CT molecular complexity index is 1260. The van der Waals surface area contributed by atoms with Crippen molar-refractivity contribution in [2.75, 3.05) is 5.32 Å². The molecule has 4 aromatic rings. The van der Waals surface area contributed by atoms with E-state index in [0.717, 1.165) is 6.07 Å². The monoisotopic (exact) mass is 434 g/mol. The number of nitrogens with one attached hydrogen (secondary N) is 1. The first-order valence-corrected chi connectivity index (χ1v) is 9.05. The van der Waals surface area contributed by atoms with Crippen LogP contribution < -0.4 is 5.32 Å². The molecule has 0 bridgehead atoms. The van der Waals surface area contributed by atoms with Gasteiger partial charge in [-0.1, -0.05) is 23.7 Å². The number of alkyl halides is 3. The van der Waals surface area contributed by atoms with Crippen LogP contribution >= 0.6 is 11.6 Å². The van der Waals surface area contributed by atoms with Gasteiger partial charge in [0.25, 0.3) is 5.91 Å². The number of benzene rings is 1. The number of anilines is 1. The van der Waals surface area contributed by atoms with Crippen LogP contribution in [0.15, 0.2) is 42.6 Å². The average Bonchev–Trinajstić information content (AvgIpc) is 3.23. The number of fused-ring (bicyclic) bond motifs is 1. The van der Waals surface area contributed by atoms with Crippen LogP contribution in [0.3, 0.4) is 0 Å². The molecule has 30 heavy (non-hydrogen) atoms. The highest BCUT2D eigenvalue weighted by atomic mass is 35.5. The fourth-order valence-electron chi connectivity index (χ4n) is 2.96. The molecule has 1 N–H and O–H groups in total. The lowest BCUT2D eigenvalue weighted by Crippen LogP contribution is -2.16. The van der Waals surface area contributed by atoms with Crippen molar-refractivity contribution in [3.8, 4) is 11.3 Å². The second-order valence-electron chi connectivity index (χ2n) is 6.59. The summed E-state index contributed by atoms with van der Waals surface area (Å²) in [4.78, 5) is 16.8. The Labute approximate surface area is 173 Å². The molecule has 0 aliphatic heterocycles. The van der Waals surface area contributed by atoms with E-state index in [2.05, 4.69) is 20.5 Å². The second kappa shape index (κ2) is 7.13. The molecule has 1 amide bonds. The van der Waals surface area contributed by atoms with Gasteiger partial charge in [-0.05, 0) is 25.1 Å². The number of carbonyl (C=O) groups is 1. The summed E-state index contributed by atoms with van der Waals surface area (Å²) in [6, 6.07) is 8.34. The fraction of sp³-hybridized carbons (Fsp3) is 0.158. The summed E-state index contributed by atoms with van der Waals surface area (Å²) in [7, 11) is 1.69. The van der Waals surface area contributed by atoms with E-state index in [0.29, 0.717) is 26.5 Å². The molecule has 0 aliphatic carbocycles. The molecule has 0 aliphatic rings. The summed E-state index contributed by atoms with van der Waals surface area (Å²) in [5.41, 5.74) is 0.174. The number of hydrogen-bond donors (Lipinski definition) is 1. The minimum absolute atomic E-state index is 0.0847. The minimum atomic E-state index is -4.71. The average molecular weight is 435 g/mol. The highest BCUT2D eigenvalue weighted by Gasteiger charge is 2.35. The Morgan fingerprint density at radius 1 is 1.13 bits per heavy atom. The summed E-state index contributed by atoms with van der Waals surface area (Å²) in [5.74, 6) is -0.669. The van der Waals surface area contributed by atoms with E-state index in [1.165, 1.54) is 10.7 Å². The van der Waals surface area contributed by atoms with Crippen LogP contribution in [0.4, 0.5) is 18.9 Å². The van der Waals surface area contributed by atoms with Gasteiger partial charge in [-0.3, -0.25) is 9.48 Å². The van der Waals surface area contributed by atoms with Gasteiger partial charge in [-0.25, -0.2) is 9.50 Å². The summed E-state index contributed by atoms with van der Waals surface area (Å²) in [6.45, 7) is 1.70. The molecule has 154 valence electrons. The van der Waals surface area contributed by atoms with Crippen molar-refractivity contribution < 1.29 is 18.0 Å². The topological polar surface area (TPSA) is 77.1 Å². The number of aryl methyl sites for hydroxylation is 2. The molecule has 0 saturated carbocycles. The van der Waals surface area contributed by atoms with Gasteiger partial charge in [0, 0.05) is 29.9 Å². The zero-order valence-electron chi connectivity index (χ0n) is 15.7. The zero-order valence-corrected chi connectivity index (χ0v) is 16.5. The van der Waals surface area contributed by atoms with E-state index >= 15 is 0 Å². The van der Waals surface area contributed by atoms with Gasteiger partial charge in [-0.15, -0.1) is 0 Å². The lowest BCUT2D eigenvalue weighted by atomic mass is 10.1. The van der Waals surface area contributed by atoms with E-state index in [4.69, 9.17) is 11.6 Å². The molecule has 0 unspecified atom stereocenters. The summed E-state index contributed by atoms with van der Waals surface area (Å²) in [6.07, 6.45) is -3.12. The largest absolute Gasteiger partial charge is 0.433 e. The van der Waals surface area contributed by atoms with Crippen LogP contribution in [0.25, 0.3) is 16.9 Å². The van der Waals surface area contributed by atoms with Crippen LogP contribution in [0.5, 0.6) is 0 Å². The van der Waals surface area contributed by atoms with Crippen molar-refractivity contribution in [2.45, 2.75) is 13.1 Å². The summed E-state index contributed by atoms with van der Waals surface area (Å²) in [5, 5.41) is 11.0. The number of aromatic nitrogens is 5. The van der Waals surface area contributed by atoms with Gasteiger partial charge in [-0.2, -0.15) is 23.4 Å². The summed E-state index contributed by atoms with van der Waals surface area (Å²) < 4.78 is 43.1. The standard InChI is InChI=1S/C19H14ClF3N6O/c1-10-15(9-28(2)26-10)25-18(30)14-8-17-24-13(11-3-5-12(20)6-4-11)7-16(19(21,22)23)29(17)27-14/h3-9H,1-2H3,(H,25,30). The van der Waals surface area contributed by atoms with Crippen molar-refractivity contribution in [3.63, 3.8) is 0 Å². The van der Waals surface area contributed by atoms with E-state index in [-0.39, 0.29) is 17.0 Å². The number of nitrogens with zero attached hydrogens (tertiary/aromatic N) is 5. The van der Waals surface area contributed by atoms with Crippen molar-refractivity contribution in [1.29, 1.82) is 0 Å². The molecule has 0 fully saturated rings. The Balaban J connectivity index is 1.79. The Morgan fingerprint density at radius 3 is 2.43 bits per heavy atom. The number of amides is 1. The fourth-order valence-corrected chi connectivity index (χ4v) is 3.09. The maximum atomic E-state index is 13.7. The lowest BCUT2D eigenvalue weighted by Gasteiger charge is -2.11. The molecule has 4 rings (SSSR count). The normalized spacial score (nSPS) is 11.8. The predicted octanol–water partition coefficient (Wildman–Crippen LogP) is 4.36. The highest BCUT2D eigenvalue weighted by molar-refractivity contribution is 6.30. The maximum Gasteiger partial charge on any atom is 0.433 e. The number of carbonyl (C=O) groups excluding carboxylic acids is 1. The van der Waals surface area contributed by atoms with Crippen molar-refractivity contribution in [2.24, 2.45) is 7.05 Å². The van der Waals surface area contributed by atoms with Gasteiger partial charge in [0.2, 0.25) is 0 Å². The van der Waals surface area contributed by atoms with Crippen LogP contribution in [-0.4, -0.2) is 30.3 Å². The van der Waals surface area contributed by atoms with Crippen LogP contribution in [-0.2, 0) is 13.2 Å². The van der Waals surface area contributed by atoms with E-state index in [1.54, 1.807) is 44.4 Å². The molecule has 11 heteroatoms. The third-order valence-electron chi connectivity index (χ3n) is 4.35. The van der Waals surface area contributed by atoms with Crippen LogP contribution in [0.1, 0.15) is 21.9 Å². The Hall–Kier alpha value is -3.40. The number of rotatable bonds is 3. The lowest BCUT2D eigenvalue weighted by molar-refractivity contribution is -0.142. The first-order valence-electron chi connectivity index (χ1n) is 8.67. The first kappa shape index (κ1) is 19.9. The third-order valence-corrected chi connectivity index (χ3v) is 4.60. The minimum Gasteiger partial charge on any atom is -0.318 e. The quantitative estimate of drug-likeness (QED) is 0.519. The maximum absolute atomic E-state index is 13.7. The first-order chi connectivity index (χ1) is 14.1. The van der Waals surface area contributed by atoms with Gasteiger partial charge >= 0.3 is 6.18 Å². The Morgan fingerprint density at radius 2 is 1.83 bits per heavy atom. The molecule has 0 radical (unpaired) electrons. The molecule has 1 aromatic carbocycles. The molecule has 0 atom stereocenters. The van der Waals surface area contributed by atoms with Crippen molar-refractivity contribution >= 4 is 28.8 Å². The number of halogens is 4. The van der Waals surface area contributed by atoms with Gasteiger partial charge < -0.3 is 5.32 Å². The van der Waals surface area contributed by atoms with Gasteiger partial charge in [0.1, 0.15) is 0 Å². The van der Waals surface area contributed by atoms with Crippen molar-refractivity contribution in [3.05, 3.63) is 64.7 Å². The predicted molar refractivity (Wildman–Crippen MR) is 104 cm³/mol. The molecule has 0 spiro atoms. The van der Waals surface area contributed by atoms with Gasteiger partial charge in [0.15, 0.2) is 17.0 Å². The molecular formula is C19H14ClF3N6O. The molecule has 3 aromatic heterocycles. The van der Waals surface area contributed by atoms with E-state index in [9.17, 15) is 18.0 Å². The van der Waals surface area contributed by atoms with E-state index < -0.39 is 17.8 Å². The SMILES string of the molecule is Cc1nn(C)cc1NC(=O)c1cc2nc(-c3ccc(Cl)cc3)cc(C(F)(F)F)n2n1. The zero-order chi connectivity index (χ0) is 21.6. The molecule has 7 nitrogen and oxygen atoms in total. The van der Waals surface area contributed by atoms with Crippen LogP contribution in [0, 0.1) is 6.92 Å². The Kier molecular flexibility index (Phi) is 4.73. The van der Waals surface area contributed by atoms with Gasteiger partial charge in [0.05, 0.1) is 17.1 Å². The van der Waals surface area contributed by atoms with E-state index in [1.807, 2.05) is 0 Å². The van der Waals surface area contributed by atoms with Crippen molar-refractivity contribution in [1.82, 2.24) is 24.4 Å². The highest BCUT2D eigenvalue weighted by Crippen LogP contribution is 2.32. The number of hydrogen-bond acceptors (Lipinski definition) is 4.